The van der Waals surface area contributed by atoms with Crippen molar-refractivity contribution in [2.24, 2.45) is 5.73 Å². The van der Waals surface area contributed by atoms with Crippen molar-refractivity contribution in [1.29, 1.82) is 0 Å². The Bertz CT molecular complexity index is 177. The highest BCUT2D eigenvalue weighted by atomic mass is 16.5. The fourth-order valence-corrected chi connectivity index (χ4v) is 1.16. The first-order chi connectivity index (χ1) is 5.56. The van der Waals surface area contributed by atoms with Crippen LogP contribution in [0.4, 0.5) is 4.79 Å². The lowest BCUT2D eigenvalue weighted by Crippen LogP contribution is -2.60. The molecule has 1 rings (SSSR count). The Morgan fingerprint density at radius 1 is 1.75 bits per heavy atom. The minimum absolute atomic E-state index is 0.471. The lowest BCUT2D eigenvalue weighted by molar-refractivity contribution is -0.127. The number of hydrogen-bond donors (Lipinski definition) is 2. The van der Waals surface area contributed by atoms with Gasteiger partial charge in [-0.15, -0.1) is 0 Å². The van der Waals surface area contributed by atoms with E-state index in [1.54, 1.807) is 7.05 Å². The van der Waals surface area contributed by atoms with Crippen molar-refractivity contribution in [3.8, 4) is 0 Å². The van der Waals surface area contributed by atoms with Crippen molar-refractivity contribution in [2.75, 3.05) is 26.7 Å². The van der Waals surface area contributed by atoms with Crippen LogP contribution in [0, 0.1) is 0 Å². The number of nitrogens with zero attached hydrogens (tertiary/aromatic N) is 1. The summed E-state index contributed by atoms with van der Waals surface area (Å²) in [6.45, 7) is 3.88. The number of nitrogens with two attached hydrogens (primary N) is 1. The van der Waals surface area contributed by atoms with Gasteiger partial charge in [-0.1, -0.05) is 0 Å². The van der Waals surface area contributed by atoms with E-state index in [0.717, 1.165) is 6.54 Å². The number of urea groups is 1. The van der Waals surface area contributed by atoms with E-state index in [4.69, 9.17) is 10.5 Å². The summed E-state index contributed by atoms with van der Waals surface area (Å²) in [7, 11) is 1.63. The topological polar surface area (TPSA) is 67.6 Å². The molecular weight excluding hydrogens is 158 g/mol. The van der Waals surface area contributed by atoms with Crippen LogP contribution in [0.15, 0.2) is 0 Å². The summed E-state index contributed by atoms with van der Waals surface area (Å²) < 4.78 is 5.45. The molecule has 0 saturated carbocycles. The molecule has 1 aliphatic rings. The zero-order chi connectivity index (χ0) is 9.19. The predicted molar refractivity (Wildman–Crippen MR) is 44.6 cm³/mol. The fraction of sp³-hybridized carbons (Fsp3) is 0.857. The van der Waals surface area contributed by atoms with Crippen LogP contribution in [0.2, 0.25) is 0 Å². The molecule has 0 radical (unpaired) electrons. The minimum Gasteiger partial charge on any atom is -0.353 e. The van der Waals surface area contributed by atoms with Gasteiger partial charge in [0.1, 0.15) is 0 Å². The number of nitrogens with one attached hydrogen (secondary N) is 1. The molecule has 0 aromatic heterocycles. The Labute approximate surface area is 71.8 Å². The summed E-state index contributed by atoms with van der Waals surface area (Å²) in [5.41, 5.74) is 4.54. The van der Waals surface area contributed by atoms with Gasteiger partial charge >= 0.3 is 6.03 Å². The average molecular weight is 173 g/mol. The molecule has 1 aliphatic heterocycles. The average Bonchev–Trinajstić information content (AvgIpc) is 2.04. The maximum absolute atomic E-state index is 10.8. The van der Waals surface area contributed by atoms with Gasteiger partial charge in [0.15, 0.2) is 5.72 Å². The van der Waals surface area contributed by atoms with Gasteiger partial charge in [-0.05, 0) is 6.92 Å². The van der Waals surface area contributed by atoms with Crippen LogP contribution in [0.5, 0.6) is 0 Å². The monoisotopic (exact) mass is 173 g/mol. The van der Waals surface area contributed by atoms with Crippen LogP contribution in [-0.2, 0) is 4.74 Å². The summed E-state index contributed by atoms with van der Waals surface area (Å²) in [4.78, 5) is 12.2. The summed E-state index contributed by atoms with van der Waals surface area (Å²) in [5.74, 6) is 0. The van der Waals surface area contributed by atoms with Crippen LogP contribution < -0.4 is 11.1 Å². The van der Waals surface area contributed by atoms with E-state index >= 15 is 0 Å². The van der Waals surface area contributed by atoms with Crippen molar-refractivity contribution in [3.63, 3.8) is 0 Å². The Hall–Kier alpha value is -0.810. The number of rotatable bonds is 1. The third-order valence-electron chi connectivity index (χ3n) is 2.18. The molecule has 1 atom stereocenters. The number of carbonyl (C=O) groups is 1. The molecule has 2 amide bonds. The van der Waals surface area contributed by atoms with E-state index in [9.17, 15) is 4.79 Å². The van der Waals surface area contributed by atoms with E-state index in [1.165, 1.54) is 4.90 Å². The summed E-state index contributed by atoms with van der Waals surface area (Å²) >= 11 is 0. The molecule has 5 heteroatoms. The zero-order valence-electron chi connectivity index (χ0n) is 7.46. The van der Waals surface area contributed by atoms with Crippen LogP contribution in [-0.4, -0.2) is 43.4 Å². The number of hydrogen-bond acceptors (Lipinski definition) is 3. The number of primary amides is 1. The molecule has 0 bridgehead atoms. The second-order valence-corrected chi connectivity index (χ2v) is 3.10. The highest BCUT2D eigenvalue weighted by Crippen LogP contribution is 2.15. The number of morpholine rings is 1. The van der Waals surface area contributed by atoms with Gasteiger partial charge in [-0.25, -0.2) is 4.79 Å². The first-order valence-corrected chi connectivity index (χ1v) is 3.94. The summed E-state index contributed by atoms with van der Waals surface area (Å²) in [5, 5.41) is 3.14. The van der Waals surface area contributed by atoms with E-state index in [0.29, 0.717) is 13.2 Å². The molecule has 1 fully saturated rings. The number of ether oxygens (including phenoxy) is 1. The van der Waals surface area contributed by atoms with E-state index < -0.39 is 11.8 Å². The first-order valence-electron chi connectivity index (χ1n) is 3.94. The van der Waals surface area contributed by atoms with Gasteiger partial charge in [0.25, 0.3) is 0 Å². The minimum atomic E-state index is -0.593. The second kappa shape index (κ2) is 3.28. The van der Waals surface area contributed by atoms with Crippen molar-refractivity contribution in [2.45, 2.75) is 12.6 Å². The van der Waals surface area contributed by atoms with Gasteiger partial charge in [0.2, 0.25) is 0 Å². The Kier molecular flexibility index (Phi) is 2.54. The normalized spacial score (nSPS) is 29.8. The molecule has 1 unspecified atom stereocenters. The van der Waals surface area contributed by atoms with Crippen molar-refractivity contribution in [3.05, 3.63) is 0 Å². The van der Waals surface area contributed by atoms with Crippen LogP contribution >= 0.6 is 0 Å². The molecule has 12 heavy (non-hydrogen) atoms. The quantitative estimate of drug-likeness (QED) is 0.552. The third-order valence-corrected chi connectivity index (χ3v) is 2.18. The van der Waals surface area contributed by atoms with Gasteiger partial charge in [-0.3, -0.25) is 4.90 Å². The maximum Gasteiger partial charge on any atom is 0.316 e. The van der Waals surface area contributed by atoms with E-state index in [2.05, 4.69) is 5.32 Å². The predicted octanol–water partition coefficient (Wildman–Crippen LogP) is -0.667. The highest BCUT2D eigenvalue weighted by molar-refractivity contribution is 5.72. The highest BCUT2D eigenvalue weighted by Gasteiger charge is 2.34. The Morgan fingerprint density at radius 3 is 2.83 bits per heavy atom. The van der Waals surface area contributed by atoms with Gasteiger partial charge in [0, 0.05) is 20.1 Å². The Balaban J connectivity index is 2.62. The standard InChI is InChI=1S/C7H15N3O2/c1-7(10(2)6(8)11)5-9-3-4-12-7/h9H,3-5H2,1-2H3,(H2,8,11). The molecule has 1 saturated heterocycles. The number of likely N-dealkylation sites (N-methyl/N-ethyl adjacent to an activating group) is 1. The zero-order valence-corrected chi connectivity index (χ0v) is 7.46. The number of amides is 2. The molecule has 0 spiro atoms. The van der Waals surface area contributed by atoms with Gasteiger partial charge in [-0.2, -0.15) is 0 Å². The molecule has 1 heterocycles. The molecule has 0 aromatic carbocycles. The first kappa shape index (κ1) is 9.28. The van der Waals surface area contributed by atoms with Crippen molar-refractivity contribution < 1.29 is 9.53 Å². The fourth-order valence-electron chi connectivity index (χ4n) is 1.16. The van der Waals surface area contributed by atoms with E-state index in [-0.39, 0.29) is 0 Å². The van der Waals surface area contributed by atoms with Gasteiger partial charge in [0.05, 0.1) is 6.61 Å². The molecule has 0 aromatic rings. The van der Waals surface area contributed by atoms with Crippen LogP contribution in [0.3, 0.4) is 0 Å². The molecule has 0 aliphatic carbocycles. The van der Waals surface area contributed by atoms with E-state index in [1.807, 2.05) is 6.92 Å². The molecule has 3 N–H and O–H groups in total. The van der Waals surface area contributed by atoms with Crippen LogP contribution in [0.1, 0.15) is 6.92 Å². The SMILES string of the molecule is CN(C(N)=O)C1(C)CNCCO1. The number of carbonyl (C=O) groups excluding carboxylic acids is 1. The van der Waals surface area contributed by atoms with Crippen LogP contribution in [0.25, 0.3) is 0 Å². The summed E-state index contributed by atoms with van der Waals surface area (Å²) in [6.07, 6.45) is 0. The second-order valence-electron chi connectivity index (χ2n) is 3.10. The lowest BCUT2D eigenvalue weighted by atomic mass is 10.2. The third kappa shape index (κ3) is 1.67. The van der Waals surface area contributed by atoms with Crippen molar-refractivity contribution in [1.82, 2.24) is 10.2 Å². The molecule has 70 valence electrons. The summed E-state index contributed by atoms with van der Waals surface area (Å²) in [6, 6.07) is -0.471. The largest absolute Gasteiger partial charge is 0.353 e. The lowest BCUT2D eigenvalue weighted by Gasteiger charge is -2.40. The Morgan fingerprint density at radius 2 is 2.42 bits per heavy atom. The van der Waals surface area contributed by atoms with Gasteiger partial charge < -0.3 is 15.8 Å². The smallest absolute Gasteiger partial charge is 0.316 e. The molecule has 5 nitrogen and oxygen atoms in total. The maximum atomic E-state index is 10.8. The van der Waals surface area contributed by atoms with Crippen molar-refractivity contribution >= 4 is 6.03 Å². The molecular formula is C7H15N3O2.